The van der Waals surface area contributed by atoms with E-state index in [1.807, 2.05) is 0 Å². The van der Waals surface area contributed by atoms with Crippen molar-refractivity contribution in [1.29, 1.82) is 5.26 Å². The number of nitrogens with zero attached hydrogens (tertiary/aromatic N) is 2. The molecule has 0 bridgehead atoms. The molecule has 0 spiro atoms. The summed E-state index contributed by atoms with van der Waals surface area (Å²) >= 11 is 0. The molecule has 0 aromatic carbocycles. The van der Waals surface area contributed by atoms with Gasteiger partial charge in [-0.05, 0) is 12.8 Å². The van der Waals surface area contributed by atoms with E-state index in [2.05, 4.69) is 16.3 Å². The van der Waals surface area contributed by atoms with Gasteiger partial charge in [-0.1, -0.05) is 0 Å². The number of ether oxygens (including phenoxy) is 1. The average molecular weight is 195 g/mol. The second-order valence-electron chi connectivity index (χ2n) is 3.96. The van der Waals surface area contributed by atoms with Crippen LogP contribution < -0.4 is 5.32 Å². The molecule has 4 heteroatoms. The van der Waals surface area contributed by atoms with Crippen molar-refractivity contribution in [2.75, 3.05) is 32.8 Å². The van der Waals surface area contributed by atoms with Crippen LogP contribution in [0.2, 0.25) is 0 Å². The zero-order valence-electron chi connectivity index (χ0n) is 8.41. The third-order valence-electron chi connectivity index (χ3n) is 3.04. The van der Waals surface area contributed by atoms with Crippen molar-refractivity contribution in [2.45, 2.75) is 24.9 Å². The van der Waals surface area contributed by atoms with Gasteiger partial charge < -0.3 is 10.1 Å². The SMILES string of the molecule is N#CC1CNCCN1C1CCCOC1. The predicted molar refractivity (Wildman–Crippen MR) is 52.8 cm³/mol. The zero-order valence-corrected chi connectivity index (χ0v) is 8.41. The molecule has 0 aliphatic carbocycles. The van der Waals surface area contributed by atoms with Crippen LogP contribution in [0.4, 0.5) is 0 Å². The lowest BCUT2D eigenvalue weighted by atomic mass is 10.0. The molecule has 14 heavy (non-hydrogen) atoms. The van der Waals surface area contributed by atoms with Gasteiger partial charge in [0, 0.05) is 32.3 Å². The Balaban J connectivity index is 1.95. The minimum Gasteiger partial charge on any atom is -0.380 e. The highest BCUT2D eigenvalue weighted by atomic mass is 16.5. The fourth-order valence-corrected chi connectivity index (χ4v) is 2.26. The van der Waals surface area contributed by atoms with Crippen LogP contribution in [0.3, 0.4) is 0 Å². The van der Waals surface area contributed by atoms with Crippen LogP contribution in [-0.2, 0) is 4.74 Å². The van der Waals surface area contributed by atoms with E-state index in [1.54, 1.807) is 0 Å². The van der Waals surface area contributed by atoms with Gasteiger partial charge in [0.1, 0.15) is 6.04 Å². The topological polar surface area (TPSA) is 48.3 Å². The molecule has 0 amide bonds. The summed E-state index contributed by atoms with van der Waals surface area (Å²) < 4.78 is 5.46. The van der Waals surface area contributed by atoms with Gasteiger partial charge in [0.05, 0.1) is 12.7 Å². The van der Waals surface area contributed by atoms with Gasteiger partial charge in [0.2, 0.25) is 0 Å². The molecule has 2 atom stereocenters. The molecule has 0 saturated carbocycles. The lowest BCUT2D eigenvalue weighted by Gasteiger charge is -2.39. The molecule has 78 valence electrons. The van der Waals surface area contributed by atoms with E-state index in [0.717, 1.165) is 39.3 Å². The molecular weight excluding hydrogens is 178 g/mol. The highest BCUT2D eigenvalue weighted by Gasteiger charge is 2.29. The molecular formula is C10H17N3O. The summed E-state index contributed by atoms with van der Waals surface area (Å²) in [4.78, 5) is 2.30. The van der Waals surface area contributed by atoms with E-state index in [4.69, 9.17) is 10.00 Å². The number of piperazine rings is 1. The van der Waals surface area contributed by atoms with Crippen LogP contribution in [0.25, 0.3) is 0 Å². The first-order valence-electron chi connectivity index (χ1n) is 5.35. The van der Waals surface area contributed by atoms with E-state index >= 15 is 0 Å². The zero-order chi connectivity index (χ0) is 9.80. The Labute approximate surface area is 84.8 Å². The molecule has 2 fully saturated rings. The Hall–Kier alpha value is -0.630. The molecule has 2 rings (SSSR count). The number of hydrogen-bond acceptors (Lipinski definition) is 4. The minimum atomic E-state index is 0.0375. The normalized spacial score (nSPS) is 35.1. The summed E-state index contributed by atoms with van der Waals surface area (Å²) in [6.45, 7) is 4.46. The van der Waals surface area contributed by atoms with Crippen LogP contribution in [0.15, 0.2) is 0 Å². The number of hydrogen-bond donors (Lipinski definition) is 1. The third kappa shape index (κ3) is 2.06. The number of nitriles is 1. The van der Waals surface area contributed by atoms with Gasteiger partial charge >= 0.3 is 0 Å². The quantitative estimate of drug-likeness (QED) is 0.638. The van der Waals surface area contributed by atoms with Crippen LogP contribution in [0.5, 0.6) is 0 Å². The van der Waals surface area contributed by atoms with Crippen molar-refractivity contribution in [3.05, 3.63) is 0 Å². The van der Waals surface area contributed by atoms with Crippen molar-refractivity contribution in [2.24, 2.45) is 0 Å². The second-order valence-corrected chi connectivity index (χ2v) is 3.96. The van der Waals surface area contributed by atoms with Crippen molar-refractivity contribution in [1.82, 2.24) is 10.2 Å². The van der Waals surface area contributed by atoms with E-state index < -0.39 is 0 Å². The lowest BCUT2D eigenvalue weighted by Crippen LogP contribution is -2.56. The molecule has 4 nitrogen and oxygen atoms in total. The average Bonchev–Trinajstić information content (AvgIpc) is 2.30. The van der Waals surface area contributed by atoms with Crippen molar-refractivity contribution in [3.8, 4) is 6.07 Å². The monoisotopic (exact) mass is 195 g/mol. The summed E-state index contributed by atoms with van der Waals surface area (Å²) in [5.74, 6) is 0. The molecule has 0 aromatic rings. The largest absolute Gasteiger partial charge is 0.380 e. The maximum Gasteiger partial charge on any atom is 0.111 e. The first kappa shape index (κ1) is 9.91. The van der Waals surface area contributed by atoms with Gasteiger partial charge in [-0.25, -0.2) is 0 Å². The Kier molecular flexibility index (Phi) is 3.35. The summed E-state index contributed by atoms with van der Waals surface area (Å²) in [7, 11) is 0. The maximum atomic E-state index is 9.02. The first-order chi connectivity index (χ1) is 6.92. The fourth-order valence-electron chi connectivity index (χ4n) is 2.26. The Morgan fingerprint density at radius 3 is 3.14 bits per heavy atom. The van der Waals surface area contributed by atoms with Crippen LogP contribution in [0, 0.1) is 11.3 Å². The first-order valence-corrected chi connectivity index (χ1v) is 5.35. The van der Waals surface area contributed by atoms with Crippen molar-refractivity contribution >= 4 is 0 Å². The highest BCUT2D eigenvalue weighted by molar-refractivity contribution is 4.98. The van der Waals surface area contributed by atoms with Gasteiger partial charge in [0.15, 0.2) is 0 Å². The van der Waals surface area contributed by atoms with E-state index in [-0.39, 0.29) is 6.04 Å². The summed E-state index contributed by atoms with van der Waals surface area (Å²) in [5.41, 5.74) is 0. The Bertz CT molecular complexity index is 220. The maximum absolute atomic E-state index is 9.02. The highest BCUT2D eigenvalue weighted by Crippen LogP contribution is 2.16. The molecule has 2 aliphatic heterocycles. The summed E-state index contributed by atoms with van der Waals surface area (Å²) in [5, 5.41) is 12.3. The number of rotatable bonds is 1. The van der Waals surface area contributed by atoms with Gasteiger partial charge in [-0.2, -0.15) is 5.26 Å². The molecule has 2 saturated heterocycles. The standard InChI is InChI=1S/C10H17N3O/c11-6-10-7-12-3-4-13(10)9-2-1-5-14-8-9/h9-10,12H,1-5,7-8H2. The smallest absolute Gasteiger partial charge is 0.111 e. The molecule has 1 N–H and O–H groups in total. The summed E-state index contributed by atoms with van der Waals surface area (Å²) in [6.07, 6.45) is 2.31. The summed E-state index contributed by atoms with van der Waals surface area (Å²) in [6, 6.07) is 2.86. The minimum absolute atomic E-state index is 0.0375. The second kappa shape index (κ2) is 4.74. The van der Waals surface area contributed by atoms with Crippen LogP contribution in [0.1, 0.15) is 12.8 Å². The third-order valence-corrected chi connectivity index (χ3v) is 3.04. The molecule has 0 radical (unpaired) electrons. The molecule has 2 unspecified atom stereocenters. The molecule has 0 aromatic heterocycles. The Morgan fingerprint density at radius 2 is 2.43 bits per heavy atom. The van der Waals surface area contributed by atoms with Crippen LogP contribution in [-0.4, -0.2) is 49.8 Å². The fraction of sp³-hybridized carbons (Fsp3) is 0.900. The van der Waals surface area contributed by atoms with Gasteiger partial charge in [-0.15, -0.1) is 0 Å². The van der Waals surface area contributed by atoms with Gasteiger partial charge in [0.25, 0.3) is 0 Å². The van der Waals surface area contributed by atoms with Crippen LogP contribution >= 0.6 is 0 Å². The van der Waals surface area contributed by atoms with Crippen molar-refractivity contribution < 1.29 is 4.74 Å². The van der Waals surface area contributed by atoms with Crippen molar-refractivity contribution in [3.63, 3.8) is 0 Å². The van der Waals surface area contributed by atoms with E-state index in [0.29, 0.717) is 6.04 Å². The van der Waals surface area contributed by atoms with Gasteiger partial charge in [-0.3, -0.25) is 4.90 Å². The Morgan fingerprint density at radius 1 is 1.50 bits per heavy atom. The molecule has 2 aliphatic rings. The van der Waals surface area contributed by atoms with E-state index in [1.165, 1.54) is 6.42 Å². The molecule has 2 heterocycles. The predicted octanol–water partition coefficient (Wildman–Crippen LogP) is -0.0372. The van der Waals surface area contributed by atoms with E-state index in [9.17, 15) is 0 Å². The number of nitrogens with one attached hydrogen (secondary N) is 1. The lowest BCUT2D eigenvalue weighted by molar-refractivity contribution is 0.00276.